The molecule has 0 unspecified atom stereocenters. The summed E-state index contributed by atoms with van der Waals surface area (Å²) in [6.07, 6.45) is 0.829. The lowest BCUT2D eigenvalue weighted by molar-refractivity contribution is 0.302. The third kappa shape index (κ3) is 4.86. The molecule has 5 nitrogen and oxygen atoms in total. The van der Waals surface area contributed by atoms with Crippen LogP contribution in [-0.2, 0) is 13.0 Å². The van der Waals surface area contributed by atoms with Gasteiger partial charge in [0.1, 0.15) is 0 Å². The fraction of sp³-hybridized carbons (Fsp3) is 0.500. The highest BCUT2D eigenvalue weighted by Crippen LogP contribution is 2.10. The van der Waals surface area contributed by atoms with Gasteiger partial charge in [-0.1, -0.05) is 36.7 Å². The fourth-order valence-corrected chi connectivity index (χ4v) is 2.11. The van der Waals surface area contributed by atoms with Crippen LogP contribution in [0.3, 0.4) is 0 Å². The minimum atomic E-state index is 0.557. The van der Waals surface area contributed by atoms with E-state index in [2.05, 4.69) is 53.3 Å². The summed E-state index contributed by atoms with van der Waals surface area (Å²) < 4.78 is 5.27. The Kier molecular flexibility index (Phi) is 5.75. The molecule has 1 aromatic carbocycles. The van der Waals surface area contributed by atoms with Crippen LogP contribution in [0.25, 0.3) is 0 Å². The first-order valence-electron chi connectivity index (χ1n) is 7.55. The number of nitrogens with one attached hydrogen (secondary N) is 1. The summed E-state index contributed by atoms with van der Waals surface area (Å²) in [7, 11) is 0. The van der Waals surface area contributed by atoms with E-state index in [0.29, 0.717) is 12.4 Å². The van der Waals surface area contributed by atoms with Gasteiger partial charge in [-0.3, -0.25) is 0 Å². The smallest absolute Gasteiger partial charge is 0.245 e. The monoisotopic (exact) mass is 288 g/mol. The van der Waals surface area contributed by atoms with E-state index in [1.165, 1.54) is 5.56 Å². The normalized spacial score (nSPS) is 11.0. The van der Waals surface area contributed by atoms with Gasteiger partial charge >= 0.3 is 0 Å². The molecule has 0 aliphatic carbocycles. The van der Waals surface area contributed by atoms with E-state index < -0.39 is 0 Å². The quantitative estimate of drug-likeness (QED) is 0.809. The Balaban J connectivity index is 1.81. The first-order valence-corrected chi connectivity index (χ1v) is 7.55. The molecule has 0 amide bonds. The number of anilines is 1. The first-order chi connectivity index (χ1) is 10.2. The van der Waals surface area contributed by atoms with Gasteiger partial charge in [0.05, 0.1) is 6.54 Å². The average Bonchev–Trinajstić information content (AvgIpc) is 2.96. The Morgan fingerprint density at radius 2 is 1.86 bits per heavy atom. The van der Waals surface area contributed by atoms with E-state index in [1.54, 1.807) is 0 Å². The molecule has 1 heterocycles. The summed E-state index contributed by atoms with van der Waals surface area (Å²) in [6, 6.07) is 8.25. The Bertz CT molecular complexity index is 531. The van der Waals surface area contributed by atoms with Crippen LogP contribution < -0.4 is 5.32 Å². The molecule has 2 aromatic rings. The standard InChI is InChI=1S/C16H24N4O/c1-4-20(5-2)11-10-15-18-16(21-19-15)12-17-14-8-6-13(3)7-9-14/h6-9,17H,4-5,10-12H2,1-3H3. The molecule has 1 N–H and O–H groups in total. The minimum absolute atomic E-state index is 0.557. The summed E-state index contributed by atoms with van der Waals surface area (Å²) in [5.41, 5.74) is 2.31. The predicted molar refractivity (Wildman–Crippen MR) is 84.3 cm³/mol. The van der Waals surface area contributed by atoms with E-state index >= 15 is 0 Å². The summed E-state index contributed by atoms with van der Waals surface area (Å²) >= 11 is 0. The van der Waals surface area contributed by atoms with Crippen molar-refractivity contribution in [1.82, 2.24) is 15.0 Å². The summed E-state index contributed by atoms with van der Waals surface area (Å²) in [4.78, 5) is 6.76. The van der Waals surface area contributed by atoms with Crippen molar-refractivity contribution >= 4 is 5.69 Å². The topological polar surface area (TPSA) is 54.2 Å². The molecular formula is C16H24N4O. The molecule has 5 heteroatoms. The van der Waals surface area contributed by atoms with Crippen molar-refractivity contribution in [3.63, 3.8) is 0 Å². The largest absolute Gasteiger partial charge is 0.376 e. The van der Waals surface area contributed by atoms with Gasteiger partial charge in [0, 0.05) is 18.7 Å². The van der Waals surface area contributed by atoms with Crippen LogP contribution in [0, 0.1) is 6.92 Å². The lowest BCUT2D eigenvalue weighted by atomic mass is 10.2. The molecule has 0 spiro atoms. The van der Waals surface area contributed by atoms with E-state index in [1.807, 2.05) is 12.1 Å². The van der Waals surface area contributed by atoms with Gasteiger partial charge in [-0.15, -0.1) is 0 Å². The van der Waals surface area contributed by atoms with Crippen LogP contribution in [-0.4, -0.2) is 34.7 Å². The van der Waals surface area contributed by atoms with Crippen LogP contribution in [0.5, 0.6) is 0 Å². The van der Waals surface area contributed by atoms with Crippen molar-refractivity contribution in [3.8, 4) is 0 Å². The second-order valence-electron chi connectivity index (χ2n) is 5.10. The van der Waals surface area contributed by atoms with Gasteiger partial charge < -0.3 is 14.7 Å². The molecule has 0 radical (unpaired) electrons. The summed E-state index contributed by atoms with van der Waals surface area (Å²) in [5.74, 6) is 1.41. The zero-order valence-electron chi connectivity index (χ0n) is 13.1. The molecule has 0 bridgehead atoms. The Hall–Kier alpha value is -1.88. The summed E-state index contributed by atoms with van der Waals surface area (Å²) in [5, 5.41) is 7.31. The number of hydrogen-bond donors (Lipinski definition) is 1. The van der Waals surface area contributed by atoms with Crippen LogP contribution in [0.1, 0.15) is 31.1 Å². The maximum Gasteiger partial charge on any atom is 0.245 e. The fourth-order valence-electron chi connectivity index (χ4n) is 2.11. The van der Waals surface area contributed by atoms with Crippen LogP contribution in [0.15, 0.2) is 28.8 Å². The van der Waals surface area contributed by atoms with Crippen molar-refractivity contribution in [2.24, 2.45) is 0 Å². The Labute approximate surface area is 126 Å². The minimum Gasteiger partial charge on any atom is -0.376 e. The van der Waals surface area contributed by atoms with Crippen molar-refractivity contribution in [3.05, 3.63) is 41.5 Å². The lowest BCUT2D eigenvalue weighted by Gasteiger charge is -2.16. The average molecular weight is 288 g/mol. The Morgan fingerprint density at radius 3 is 2.52 bits per heavy atom. The van der Waals surface area contributed by atoms with Crippen molar-refractivity contribution in [2.75, 3.05) is 25.0 Å². The molecule has 0 aliphatic rings. The molecule has 0 saturated heterocycles. The predicted octanol–water partition coefficient (Wildman–Crippen LogP) is 2.87. The summed E-state index contributed by atoms with van der Waals surface area (Å²) in [6.45, 7) is 10.0. The van der Waals surface area contributed by atoms with Crippen molar-refractivity contribution < 1.29 is 4.52 Å². The van der Waals surface area contributed by atoms with Crippen LogP contribution >= 0.6 is 0 Å². The second kappa shape index (κ2) is 7.78. The number of aromatic nitrogens is 2. The highest BCUT2D eigenvalue weighted by molar-refractivity contribution is 5.44. The van der Waals surface area contributed by atoms with E-state index in [-0.39, 0.29) is 0 Å². The zero-order chi connectivity index (χ0) is 15.1. The molecule has 21 heavy (non-hydrogen) atoms. The first kappa shape index (κ1) is 15.5. The second-order valence-corrected chi connectivity index (χ2v) is 5.10. The van der Waals surface area contributed by atoms with E-state index in [4.69, 9.17) is 4.52 Å². The number of rotatable bonds is 8. The SMILES string of the molecule is CCN(CC)CCc1noc(CNc2ccc(C)cc2)n1. The molecule has 0 atom stereocenters. The maximum atomic E-state index is 5.27. The van der Waals surface area contributed by atoms with Crippen LogP contribution in [0.2, 0.25) is 0 Å². The van der Waals surface area contributed by atoms with Gasteiger partial charge in [-0.25, -0.2) is 0 Å². The third-order valence-corrected chi connectivity index (χ3v) is 3.55. The molecule has 2 rings (SSSR count). The van der Waals surface area contributed by atoms with Crippen LogP contribution in [0.4, 0.5) is 5.69 Å². The third-order valence-electron chi connectivity index (χ3n) is 3.55. The number of nitrogens with zero attached hydrogens (tertiary/aromatic N) is 3. The van der Waals surface area contributed by atoms with Crippen molar-refractivity contribution in [2.45, 2.75) is 33.7 Å². The maximum absolute atomic E-state index is 5.27. The van der Waals surface area contributed by atoms with Gasteiger partial charge in [-0.05, 0) is 32.1 Å². The highest BCUT2D eigenvalue weighted by atomic mass is 16.5. The molecule has 0 saturated carbocycles. The zero-order valence-corrected chi connectivity index (χ0v) is 13.1. The number of likely N-dealkylation sites (N-methyl/N-ethyl adjacent to an activating group) is 1. The van der Waals surface area contributed by atoms with E-state index in [0.717, 1.165) is 37.6 Å². The number of benzene rings is 1. The molecular weight excluding hydrogens is 264 g/mol. The van der Waals surface area contributed by atoms with Gasteiger partial charge in [0.25, 0.3) is 0 Å². The molecule has 1 aromatic heterocycles. The van der Waals surface area contributed by atoms with Gasteiger partial charge in [0.15, 0.2) is 5.82 Å². The lowest BCUT2D eigenvalue weighted by Crippen LogP contribution is -2.25. The highest BCUT2D eigenvalue weighted by Gasteiger charge is 2.07. The number of hydrogen-bond acceptors (Lipinski definition) is 5. The molecule has 0 aliphatic heterocycles. The van der Waals surface area contributed by atoms with Gasteiger partial charge in [0.2, 0.25) is 5.89 Å². The molecule has 114 valence electrons. The molecule has 0 fully saturated rings. The van der Waals surface area contributed by atoms with E-state index in [9.17, 15) is 0 Å². The van der Waals surface area contributed by atoms with Crippen molar-refractivity contribution in [1.29, 1.82) is 0 Å². The Morgan fingerprint density at radius 1 is 1.14 bits per heavy atom. The number of aryl methyl sites for hydroxylation is 1. The van der Waals surface area contributed by atoms with Gasteiger partial charge in [-0.2, -0.15) is 4.98 Å².